The number of hydrogen-bond acceptors (Lipinski definition) is 4. The fraction of sp³-hybridized carbons (Fsp3) is 0.200. The molecule has 1 atom stereocenters. The lowest BCUT2D eigenvalue weighted by Gasteiger charge is -2.29. The van der Waals surface area contributed by atoms with Crippen molar-refractivity contribution < 1.29 is 32.3 Å². The van der Waals surface area contributed by atoms with E-state index in [0.29, 0.717) is 11.6 Å². The van der Waals surface area contributed by atoms with Gasteiger partial charge in [-0.15, -0.1) is 0 Å². The quantitative estimate of drug-likeness (QED) is 0.591. The van der Waals surface area contributed by atoms with Crippen molar-refractivity contribution in [3.05, 3.63) is 64.5 Å². The number of hydrogen-bond donors (Lipinski definition) is 2. The highest BCUT2D eigenvalue weighted by atomic mass is 19.2. The Labute approximate surface area is 167 Å². The van der Waals surface area contributed by atoms with Gasteiger partial charge in [0.1, 0.15) is 6.04 Å². The summed E-state index contributed by atoms with van der Waals surface area (Å²) in [4.78, 5) is 49.9. The number of nitrogens with zero attached hydrogens (tertiary/aromatic N) is 1. The number of carbonyl (C=O) groups is 4. The first kappa shape index (κ1) is 19.6. The zero-order chi connectivity index (χ0) is 21.6. The maximum absolute atomic E-state index is 13.9. The van der Waals surface area contributed by atoms with Crippen LogP contribution in [0.3, 0.4) is 0 Å². The Bertz CT molecular complexity index is 1120. The van der Waals surface area contributed by atoms with E-state index in [9.17, 15) is 32.3 Å². The van der Waals surface area contributed by atoms with Crippen LogP contribution in [0.5, 0.6) is 0 Å². The smallest absolute Gasteiger partial charge is 0.258 e. The second kappa shape index (κ2) is 7.29. The monoisotopic (exact) mass is 417 g/mol. The Morgan fingerprint density at radius 3 is 2.57 bits per heavy atom. The van der Waals surface area contributed by atoms with Gasteiger partial charge in [0.2, 0.25) is 11.8 Å². The van der Waals surface area contributed by atoms with Gasteiger partial charge in [-0.1, -0.05) is 6.07 Å². The lowest BCUT2D eigenvalue weighted by Crippen LogP contribution is -2.52. The largest absolute Gasteiger partial charge is 0.322 e. The predicted molar refractivity (Wildman–Crippen MR) is 96.8 cm³/mol. The van der Waals surface area contributed by atoms with E-state index in [-0.39, 0.29) is 30.6 Å². The Balaban J connectivity index is 1.60. The van der Waals surface area contributed by atoms with E-state index >= 15 is 0 Å². The average molecular weight is 417 g/mol. The molecule has 4 amide bonds. The highest BCUT2D eigenvalue weighted by molar-refractivity contribution is 6.09. The number of nitrogens with one attached hydrogen (secondary N) is 2. The summed E-state index contributed by atoms with van der Waals surface area (Å²) in [6, 6.07) is 5.08. The number of carbonyl (C=O) groups excluding carboxylic acids is 4. The number of benzene rings is 2. The van der Waals surface area contributed by atoms with Gasteiger partial charge >= 0.3 is 0 Å². The van der Waals surface area contributed by atoms with Crippen molar-refractivity contribution in [2.75, 3.05) is 5.32 Å². The van der Waals surface area contributed by atoms with Gasteiger partial charge in [-0.05, 0) is 30.7 Å². The summed E-state index contributed by atoms with van der Waals surface area (Å²) in [5.74, 6) is -7.28. The standard InChI is InChI=1S/C20H14F3N3O4/c21-12-5-4-10(16(22)17(12)23)18(28)24-13-3-1-2-9-11(13)8-26(20(9)30)14-6-7-15(27)25-19(14)29/h1-5,14H,6-8H2,(H,24,28)(H,25,27,29). The van der Waals surface area contributed by atoms with Gasteiger partial charge in [0.25, 0.3) is 11.8 Å². The molecule has 0 bridgehead atoms. The summed E-state index contributed by atoms with van der Waals surface area (Å²) < 4.78 is 40.5. The molecule has 2 heterocycles. The van der Waals surface area contributed by atoms with Crippen molar-refractivity contribution in [2.45, 2.75) is 25.4 Å². The fourth-order valence-electron chi connectivity index (χ4n) is 3.59. The zero-order valence-electron chi connectivity index (χ0n) is 15.3. The fourth-order valence-corrected chi connectivity index (χ4v) is 3.59. The van der Waals surface area contributed by atoms with Gasteiger partial charge < -0.3 is 10.2 Å². The van der Waals surface area contributed by atoms with Crippen LogP contribution in [0.15, 0.2) is 30.3 Å². The first-order valence-corrected chi connectivity index (χ1v) is 8.99. The van der Waals surface area contributed by atoms with Crippen LogP contribution in [0.25, 0.3) is 0 Å². The Hall–Kier alpha value is -3.69. The normalized spacial score (nSPS) is 18.3. The SMILES string of the molecule is O=C1CCC(N2Cc3c(NC(=O)c4ccc(F)c(F)c4F)cccc3C2=O)C(=O)N1. The second-order valence-corrected chi connectivity index (χ2v) is 6.91. The summed E-state index contributed by atoms with van der Waals surface area (Å²) in [5, 5.41) is 4.60. The lowest BCUT2D eigenvalue weighted by molar-refractivity contribution is -0.136. The van der Waals surface area contributed by atoms with Gasteiger partial charge in [0, 0.05) is 29.8 Å². The average Bonchev–Trinajstić information content (AvgIpc) is 3.04. The molecule has 2 aliphatic heterocycles. The number of amides is 4. The van der Waals surface area contributed by atoms with Crippen molar-refractivity contribution in [3.8, 4) is 0 Å². The van der Waals surface area contributed by atoms with Crippen LogP contribution in [0.2, 0.25) is 0 Å². The number of anilines is 1. The van der Waals surface area contributed by atoms with E-state index in [1.807, 2.05) is 0 Å². The third-order valence-electron chi connectivity index (χ3n) is 5.11. The van der Waals surface area contributed by atoms with E-state index in [1.54, 1.807) is 0 Å². The molecule has 7 nitrogen and oxygen atoms in total. The van der Waals surface area contributed by atoms with Gasteiger partial charge in [0.15, 0.2) is 17.5 Å². The maximum Gasteiger partial charge on any atom is 0.258 e. The minimum absolute atomic E-state index is 0.0167. The highest BCUT2D eigenvalue weighted by Crippen LogP contribution is 2.32. The topological polar surface area (TPSA) is 95.6 Å². The molecule has 10 heteroatoms. The van der Waals surface area contributed by atoms with Crippen molar-refractivity contribution in [1.82, 2.24) is 10.2 Å². The Morgan fingerprint density at radius 1 is 1.07 bits per heavy atom. The number of halogens is 3. The lowest BCUT2D eigenvalue weighted by atomic mass is 10.0. The van der Waals surface area contributed by atoms with Crippen LogP contribution >= 0.6 is 0 Å². The van der Waals surface area contributed by atoms with Crippen molar-refractivity contribution in [1.29, 1.82) is 0 Å². The van der Waals surface area contributed by atoms with E-state index in [2.05, 4.69) is 10.6 Å². The number of rotatable bonds is 3. The number of imide groups is 1. The minimum atomic E-state index is -1.76. The molecule has 2 aliphatic rings. The van der Waals surface area contributed by atoms with E-state index in [1.165, 1.54) is 23.1 Å². The number of piperidine rings is 1. The van der Waals surface area contributed by atoms with Crippen molar-refractivity contribution in [2.24, 2.45) is 0 Å². The minimum Gasteiger partial charge on any atom is -0.322 e. The molecule has 154 valence electrons. The molecule has 1 saturated heterocycles. The van der Waals surface area contributed by atoms with Crippen LogP contribution in [0.1, 0.15) is 39.1 Å². The highest BCUT2D eigenvalue weighted by Gasteiger charge is 2.40. The molecule has 0 saturated carbocycles. The first-order chi connectivity index (χ1) is 14.3. The van der Waals surface area contributed by atoms with Gasteiger partial charge in [0.05, 0.1) is 5.56 Å². The number of fused-ring (bicyclic) bond motifs is 1. The summed E-state index contributed by atoms with van der Waals surface area (Å²) in [5.41, 5.74) is 0.106. The first-order valence-electron chi connectivity index (χ1n) is 8.99. The van der Waals surface area contributed by atoms with E-state index < -0.39 is 52.7 Å². The molecule has 4 rings (SSSR count). The summed E-state index contributed by atoms with van der Waals surface area (Å²) >= 11 is 0. The van der Waals surface area contributed by atoms with Gasteiger partial charge in [-0.3, -0.25) is 24.5 Å². The summed E-state index contributed by atoms with van der Waals surface area (Å²) in [6.07, 6.45) is 0.266. The predicted octanol–water partition coefficient (Wildman–Crippen LogP) is 2.12. The second-order valence-electron chi connectivity index (χ2n) is 6.91. The molecule has 2 aromatic carbocycles. The van der Waals surface area contributed by atoms with Crippen LogP contribution in [-0.4, -0.2) is 34.6 Å². The molecule has 2 N–H and O–H groups in total. The third kappa shape index (κ3) is 3.19. The molecule has 1 fully saturated rings. The molecule has 30 heavy (non-hydrogen) atoms. The molecular formula is C20H14F3N3O4. The van der Waals surface area contributed by atoms with Gasteiger partial charge in [-0.2, -0.15) is 0 Å². The summed E-state index contributed by atoms with van der Waals surface area (Å²) in [6.45, 7) is -0.0167. The Kier molecular flexibility index (Phi) is 4.76. The van der Waals surface area contributed by atoms with Crippen molar-refractivity contribution >= 4 is 29.3 Å². The molecule has 1 unspecified atom stereocenters. The van der Waals surface area contributed by atoms with Crippen molar-refractivity contribution in [3.63, 3.8) is 0 Å². The molecule has 0 spiro atoms. The van der Waals surface area contributed by atoms with Crippen LogP contribution < -0.4 is 10.6 Å². The molecule has 0 aromatic heterocycles. The summed E-state index contributed by atoms with van der Waals surface area (Å²) in [7, 11) is 0. The van der Waals surface area contributed by atoms with E-state index in [4.69, 9.17) is 0 Å². The zero-order valence-corrected chi connectivity index (χ0v) is 15.3. The molecule has 0 radical (unpaired) electrons. The molecular weight excluding hydrogens is 403 g/mol. The van der Waals surface area contributed by atoms with Gasteiger partial charge in [-0.25, -0.2) is 13.2 Å². The van der Waals surface area contributed by atoms with Crippen LogP contribution in [0, 0.1) is 17.5 Å². The van der Waals surface area contributed by atoms with Crippen LogP contribution in [0.4, 0.5) is 18.9 Å². The van der Waals surface area contributed by atoms with Crippen LogP contribution in [-0.2, 0) is 16.1 Å². The molecule has 2 aromatic rings. The van der Waals surface area contributed by atoms with E-state index in [0.717, 1.165) is 6.07 Å². The Morgan fingerprint density at radius 2 is 1.83 bits per heavy atom. The maximum atomic E-state index is 13.9. The third-order valence-corrected chi connectivity index (χ3v) is 5.11. The molecule has 0 aliphatic carbocycles.